The molecule has 0 bridgehead atoms. The second kappa shape index (κ2) is 2.69. The van der Waals surface area contributed by atoms with E-state index < -0.39 is 15.7 Å². The maximum absolute atomic E-state index is 10.6. The van der Waals surface area contributed by atoms with Crippen molar-refractivity contribution in [2.75, 3.05) is 0 Å². The van der Waals surface area contributed by atoms with E-state index in [9.17, 15) is 8.42 Å². The van der Waals surface area contributed by atoms with Gasteiger partial charge >= 0.3 is 0 Å². The maximum Gasteiger partial charge on any atom is 0.294 e. The van der Waals surface area contributed by atoms with Crippen molar-refractivity contribution in [2.24, 2.45) is 5.73 Å². The van der Waals surface area contributed by atoms with E-state index in [-0.39, 0.29) is 4.91 Å². The normalized spacial score (nSPS) is 30.1. The van der Waals surface area contributed by atoms with Gasteiger partial charge in [-0.15, -0.1) is 0 Å². The lowest BCUT2D eigenvalue weighted by Gasteiger charge is -2.21. The van der Waals surface area contributed by atoms with Gasteiger partial charge in [-0.05, 0) is 31.6 Å². The summed E-state index contributed by atoms with van der Waals surface area (Å²) < 4.78 is 29.9. The third-order valence-electron chi connectivity index (χ3n) is 1.50. The third-order valence-corrected chi connectivity index (χ3v) is 2.33. The van der Waals surface area contributed by atoms with Crippen molar-refractivity contribution in [3.05, 3.63) is 23.1 Å². The fourth-order valence-corrected chi connectivity index (χ4v) is 1.59. The summed E-state index contributed by atoms with van der Waals surface area (Å²) in [6.07, 6.45) is 5.67. The van der Waals surface area contributed by atoms with Crippen molar-refractivity contribution >= 4 is 10.1 Å². The van der Waals surface area contributed by atoms with Gasteiger partial charge in [0.05, 0.1) is 4.91 Å². The number of hydrogen-bond donors (Lipinski definition) is 2. The molecule has 1 radical (unpaired) electrons. The van der Waals surface area contributed by atoms with Crippen LogP contribution in [-0.4, -0.2) is 18.5 Å². The molecule has 0 aromatic heterocycles. The molecule has 1 aliphatic carbocycles. The molecule has 1 unspecified atom stereocenters. The van der Waals surface area contributed by atoms with Gasteiger partial charge in [0.2, 0.25) is 0 Å². The second-order valence-electron chi connectivity index (χ2n) is 3.05. The first-order valence-electron chi connectivity index (χ1n) is 3.37. The summed E-state index contributed by atoms with van der Waals surface area (Å²) in [6, 6.07) is 0. The van der Waals surface area contributed by atoms with E-state index in [1.165, 1.54) is 12.2 Å². The van der Waals surface area contributed by atoms with Gasteiger partial charge < -0.3 is 5.73 Å². The molecule has 0 heterocycles. The average Bonchev–Trinajstić information content (AvgIpc) is 1.83. The van der Waals surface area contributed by atoms with Gasteiger partial charge in [0.25, 0.3) is 10.1 Å². The van der Waals surface area contributed by atoms with Gasteiger partial charge in [-0.2, -0.15) is 8.42 Å². The zero-order valence-corrected chi connectivity index (χ0v) is 7.43. The lowest BCUT2D eigenvalue weighted by atomic mass is 9.95. The molecule has 3 N–H and O–H groups in total. The first-order valence-corrected chi connectivity index (χ1v) is 4.81. The van der Waals surface area contributed by atoms with E-state index in [1.54, 1.807) is 6.92 Å². The second-order valence-corrected chi connectivity index (χ2v) is 4.47. The van der Waals surface area contributed by atoms with Crippen LogP contribution < -0.4 is 5.73 Å². The van der Waals surface area contributed by atoms with Crippen molar-refractivity contribution in [3.63, 3.8) is 0 Å². The van der Waals surface area contributed by atoms with Crippen molar-refractivity contribution < 1.29 is 13.0 Å². The van der Waals surface area contributed by atoms with Crippen molar-refractivity contribution in [3.8, 4) is 0 Å². The molecule has 67 valence electrons. The van der Waals surface area contributed by atoms with E-state index in [1.807, 2.05) is 0 Å². The lowest BCUT2D eigenvalue weighted by Crippen LogP contribution is -2.35. The molecule has 0 fully saturated rings. The molecular formula is C7H10NO3S. The van der Waals surface area contributed by atoms with E-state index in [0.29, 0.717) is 6.42 Å². The summed E-state index contributed by atoms with van der Waals surface area (Å²) in [4.78, 5) is -0.182. The Bertz CT molecular complexity index is 338. The molecule has 0 saturated carbocycles. The highest BCUT2D eigenvalue weighted by molar-refractivity contribution is 7.90. The highest BCUT2D eigenvalue weighted by Crippen LogP contribution is 2.20. The van der Waals surface area contributed by atoms with Crippen LogP contribution in [-0.2, 0) is 10.1 Å². The SMILES string of the molecule is CC1(N)C=C(S(=O)(=O)O)C=[C]C1. The van der Waals surface area contributed by atoms with Crippen LogP contribution in [0.2, 0.25) is 0 Å². The Morgan fingerprint density at radius 2 is 2.33 bits per heavy atom. The minimum atomic E-state index is -4.13. The largest absolute Gasteiger partial charge is 0.322 e. The molecule has 0 aromatic carbocycles. The minimum Gasteiger partial charge on any atom is -0.322 e. The minimum absolute atomic E-state index is 0.182. The van der Waals surface area contributed by atoms with Crippen LogP contribution in [0.15, 0.2) is 17.1 Å². The van der Waals surface area contributed by atoms with Crippen LogP contribution in [0.4, 0.5) is 0 Å². The Kier molecular flexibility index (Phi) is 2.11. The van der Waals surface area contributed by atoms with E-state index in [0.717, 1.165) is 0 Å². The predicted molar refractivity (Wildman–Crippen MR) is 44.7 cm³/mol. The molecule has 0 aromatic rings. The average molecular weight is 188 g/mol. The zero-order chi connectivity index (χ0) is 9.41. The lowest BCUT2D eigenvalue weighted by molar-refractivity contribution is 0.489. The van der Waals surface area contributed by atoms with Crippen molar-refractivity contribution in [1.29, 1.82) is 0 Å². The quantitative estimate of drug-likeness (QED) is 0.577. The molecule has 1 atom stereocenters. The molecule has 0 amide bonds. The topological polar surface area (TPSA) is 80.4 Å². The summed E-state index contributed by atoms with van der Waals surface area (Å²) in [5.74, 6) is 0. The highest BCUT2D eigenvalue weighted by atomic mass is 32.2. The Morgan fingerprint density at radius 1 is 1.75 bits per heavy atom. The van der Waals surface area contributed by atoms with Gasteiger partial charge in [-0.3, -0.25) is 4.55 Å². The molecule has 0 spiro atoms. The van der Waals surface area contributed by atoms with Gasteiger partial charge in [0.15, 0.2) is 0 Å². The van der Waals surface area contributed by atoms with Crippen molar-refractivity contribution in [2.45, 2.75) is 18.9 Å². The third kappa shape index (κ3) is 2.17. The summed E-state index contributed by atoms with van der Waals surface area (Å²) in [5, 5.41) is 0. The van der Waals surface area contributed by atoms with Crippen LogP contribution in [0.3, 0.4) is 0 Å². The predicted octanol–water partition coefficient (Wildman–Crippen LogP) is 0.239. The summed E-state index contributed by atoms with van der Waals surface area (Å²) in [5.41, 5.74) is 4.89. The van der Waals surface area contributed by atoms with Crippen LogP contribution in [0.25, 0.3) is 0 Å². The van der Waals surface area contributed by atoms with Crippen LogP contribution in [0.5, 0.6) is 0 Å². The number of hydrogen-bond acceptors (Lipinski definition) is 3. The molecule has 4 nitrogen and oxygen atoms in total. The maximum atomic E-state index is 10.6. The number of rotatable bonds is 1. The Balaban J connectivity index is 3.09. The standard InChI is InChI=1S/C7H10NO3S/c1-7(8)4-2-3-6(5-7)12(9,10)11/h3,5H,4,8H2,1H3,(H,9,10,11). The van der Waals surface area contributed by atoms with Crippen LogP contribution >= 0.6 is 0 Å². The Labute approximate surface area is 71.5 Å². The van der Waals surface area contributed by atoms with Gasteiger partial charge in [-0.25, -0.2) is 0 Å². The van der Waals surface area contributed by atoms with Gasteiger partial charge in [-0.1, -0.05) is 0 Å². The molecule has 1 aliphatic rings. The van der Waals surface area contributed by atoms with Gasteiger partial charge in [0.1, 0.15) is 0 Å². The van der Waals surface area contributed by atoms with Crippen LogP contribution in [0.1, 0.15) is 13.3 Å². The first-order chi connectivity index (χ1) is 5.31. The number of nitrogens with two attached hydrogens (primary N) is 1. The molecule has 5 heteroatoms. The van der Waals surface area contributed by atoms with E-state index >= 15 is 0 Å². The first kappa shape index (κ1) is 9.44. The smallest absolute Gasteiger partial charge is 0.294 e. The highest BCUT2D eigenvalue weighted by Gasteiger charge is 2.22. The molecular weight excluding hydrogens is 178 g/mol. The van der Waals surface area contributed by atoms with Crippen LogP contribution in [0, 0.1) is 6.08 Å². The van der Waals surface area contributed by atoms with Gasteiger partial charge in [0, 0.05) is 5.54 Å². The van der Waals surface area contributed by atoms with E-state index in [2.05, 4.69) is 6.08 Å². The molecule has 1 rings (SSSR count). The summed E-state index contributed by atoms with van der Waals surface area (Å²) >= 11 is 0. The summed E-state index contributed by atoms with van der Waals surface area (Å²) in [6.45, 7) is 1.66. The number of allylic oxidation sites excluding steroid dienone is 1. The molecule has 0 aliphatic heterocycles. The molecule has 0 saturated heterocycles. The summed E-state index contributed by atoms with van der Waals surface area (Å²) in [7, 11) is -4.13. The van der Waals surface area contributed by atoms with Crippen molar-refractivity contribution in [1.82, 2.24) is 0 Å². The fourth-order valence-electron chi connectivity index (χ4n) is 0.938. The van der Waals surface area contributed by atoms with E-state index in [4.69, 9.17) is 10.3 Å². The Morgan fingerprint density at radius 3 is 2.67 bits per heavy atom. The zero-order valence-electron chi connectivity index (χ0n) is 6.61. The molecule has 12 heavy (non-hydrogen) atoms. The fraction of sp³-hybridized carbons (Fsp3) is 0.429. The Hall–Kier alpha value is -0.650. The monoisotopic (exact) mass is 188 g/mol.